The lowest BCUT2D eigenvalue weighted by atomic mass is 9.75. The van der Waals surface area contributed by atoms with Crippen molar-refractivity contribution in [2.75, 3.05) is 0 Å². The minimum atomic E-state index is 0.0110. The third-order valence-corrected chi connectivity index (χ3v) is 4.15. The number of carbonyl (C=O) groups excluding carboxylic acids is 1. The third-order valence-electron chi connectivity index (χ3n) is 4.15. The first-order chi connectivity index (χ1) is 9.59. The maximum absolute atomic E-state index is 11.7. The van der Waals surface area contributed by atoms with Gasteiger partial charge in [0.25, 0.3) is 0 Å². The summed E-state index contributed by atoms with van der Waals surface area (Å²) in [7, 11) is 0. The van der Waals surface area contributed by atoms with Gasteiger partial charge in [-0.2, -0.15) is 0 Å². The summed E-state index contributed by atoms with van der Waals surface area (Å²) in [4.78, 5) is 19.6. The molecule has 1 saturated carbocycles. The van der Waals surface area contributed by atoms with Crippen LogP contribution < -0.4 is 0 Å². The Balaban J connectivity index is 1.94. The van der Waals surface area contributed by atoms with Crippen molar-refractivity contribution in [1.29, 1.82) is 0 Å². The molecule has 0 spiro atoms. The zero-order chi connectivity index (χ0) is 14.2. The fraction of sp³-hybridized carbons (Fsp3) is 0.438. The molecule has 2 aromatic rings. The van der Waals surface area contributed by atoms with Crippen LogP contribution in [0.2, 0.25) is 0 Å². The summed E-state index contributed by atoms with van der Waals surface area (Å²) in [5.74, 6) is 0.366. The standard InChI is InChI=1S/C16H17N3O/c1-16(7-3-4-13(20)9-16)10-19-11-18-14-6-5-12(17-2)8-15(14)19/h5-6,8,11H,3-4,7,9-10H2,1H3/t16-/m0/s1. The van der Waals surface area contributed by atoms with Crippen LogP contribution in [0.4, 0.5) is 5.69 Å². The van der Waals surface area contributed by atoms with Crippen molar-refractivity contribution in [3.63, 3.8) is 0 Å². The lowest BCUT2D eigenvalue weighted by Gasteiger charge is -2.33. The minimum Gasteiger partial charge on any atom is -0.331 e. The zero-order valence-electron chi connectivity index (χ0n) is 11.6. The van der Waals surface area contributed by atoms with Gasteiger partial charge in [-0.3, -0.25) is 4.79 Å². The molecular weight excluding hydrogens is 250 g/mol. The van der Waals surface area contributed by atoms with E-state index in [1.807, 2.05) is 18.5 Å². The zero-order valence-corrected chi connectivity index (χ0v) is 11.6. The number of nitrogens with zero attached hydrogens (tertiary/aromatic N) is 3. The van der Waals surface area contributed by atoms with Crippen molar-refractivity contribution in [3.8, 4) is 0 Å². The van der Waals surface area contributed by atoms with E-state index in [1.54, 1.807) is 6.07 Å². The maximum atomic E-state index is 11.7. The molecule has 1 heterocycles. The first-order valence-electron chi connectivity index (χ1n) is 6.94. The fourth-order valence-corrected chi connectivity index (χ4v) is 3.15. The molecule has 0 amide bonds. The van der Waals surface area contributed by atoms with Gasteiger partial charge in [-0.25, -0.2) is 9.83 Å². The number of ketones is 1. The first-order valence-corrected chi connectivity index (χ1v) is 6.94. The van der Waals surface area contributed by atoms with Crippen molar-refractivity contribution in [1.82, 2.24) is 9.55 Å². The van der Waals surface area contributed by atoms with Gasteiger partial charge in [-0.15, -0.1) is 0 Å². The summed E-state index contributed by atoms with van der Waals surface area (Å²) in [5, 5.41) is 0. The molecule has 3 rings (SSSR count). The second-order valence-corrected chi connectivity index (χ2v) is 6.04. The molecule has 0 N–H and O–H groups in total. The Hall–Kier alpha value is -2.15. The molecule has 1 atom stereocenters. The fourth-order valence-electron chi connectivity index (χ4n) is 3.15. The van der Waals surface area contributed by atoms with Crippen LogP contribution in [0, 0.1) is 12.0 Å². The highest BCUT2D eigenvalue weighted by atomic mass is 16.1. The van der Waals surface area contributed by atoms with Gasteiger partial charge in [0.1, 0.15) is 5.78 Å². The van der Waals surface area contributed by atoms with Gasteiger partial charge in [-0.1, -0.05) is 13.0 Å². The van der Waals surface area contributed by atoms with Crippen LogP contribution in [0.5, 0.6) is 0 Å². The third kappa shape index (κ3) is 2.32. The molecule has 20 heavy (non-hydrogen) atoms. The number of imidazole rings is 1. The highest BCUT2D eigenvalue weighted by molar-refractivity contribution is 5.81. The average Bonchev–Trinajstić information content (AvgIpc) is 2.80. The topological polar surface area (TPSA) is 39.2 Å². The maximum Gasteiger partial charge on any atom is 0.189 e. The smallest absolute Gasteiger partial charge is 0.189 e. The largest absolute Gasteiger partial charge is 0.331 e. The van der Waals surface area contributed by atoms with Gasteiger partial charge >= 0.3 is 0 Å². The van der Waals surface area contributed by atoms with E-state index in [9.17, 15) is 4.79 Å². The molecule has 1 fully saturated rings. The van der Waals surface area contributed by atoms with Crippen LogP contribution in [0.3, 0.4) is 0 Å². The highest BCUT2D eigenvalue weighted by Gasteiger charge is 2.31. The molecule has 1 aliphatic rings. The number of carbonyl (C=O) groups is 1. The monoisotopic (exact) mass is 267 g/mol. The average molecular weight is 267 g/mol. The molecule has 0 saturated heterocycles. The van der Waals surface area contributed by atoms with Crippen LogP contribution in [0.25, 0.3) is 15.9 Å². The Morgan fingerprint density at radius 1 is 1.50 bits per heavy atom. The summed E-state index contributed by atoms with van der Waals surface area (Å²) in [6.45, 7) is 10.1. The quantitative estimate of drug-likeness (QED) is 0.778. The Morgan fingerprint density at radius 2 is 2.35 bits per heavy atom. The normalized spacial score (nSPS) is 22.9. The lowest BCUT2D eigenvalue weighted by molar-refractivity contribution is -0.123. The van der Waals surface area contributed by atoms with Crippen LogP contribution in [-0.4, -0.2) is 15.3 Å². The van der Waals surface area contributed by atoms with Gasteiger partial charge in [-0.05, 0) is 30.4 Å². The van der Waals surface area contributed by atoms with Gasteiger partial charge < -0.3 is 4.57 Å². The highest BCUT2D eigenvalue weighted by Crippen LogP contribution is 2.36. The molecular formula is C16H17N3O. The number of Topliss-reactive ketones (excluding diaryl/α,β-unsaturated/α-hetero) is 1. The molecule has 0 aliphatic heterocycles. The van der Waals surface area contributed by atoms with E-state index < -0.39 is 0 Å². The number of aromatic nitrogens is 2. The Bertz CT molecular complexity index is 710. The second-order valence-electron chi connectivity index (χ2n) is 6.04. The van der Waals surface area contributed by atoms with Gasteiger partial charge in [0.2, 0.25) is 0 Å². The molecule has 0 radical (unpaired) electrons. The van der Waals surface area contributed by atoms with Crippen molar-refractivity contribution < 1.29 is 4.79 Å². The molecule has 0 unspecified atom stereocenters. The van der Waals surface area contributed by atoms with Gasteiger partial charge in [0, 0.05) is 19.4 Å². The lowest BCUT2D eigenvalue weighted by Crippen LogP contribution is -2.30. The Kier molecular flexibility index (Phi) is 3.06. The molecule has 1 aromatic heterocycles. The minimum absolute atomic E-state index is 0.0110. The van der Waals surface area contributed by atoms with E-state index >= 15 is 0 Å². The molecule has 0 bridgehead atoms. The number of rotatable bonds is 2. The molecule has 4 heteroatoms. The number of hydrogen-bond donors (Lipinski definition) is 0. The first kappa shape index (κ1) is 12.9. The predicted molar refractivity (Wildman–Crippen MR) is 77.6 cm³/mol. The molecule has 1 aliphatic carbocycles. The predicted octanol–water partition coefficient (Wildman–Crippen LogP) is 3.74. The van der Waals surface area contributed by atoms with Crippen LogP contribution in [-0.2, 0) is 11.3 Å². The van der Waals surface area contributed by atoms with E-state index in [1.165, 1.54) is 0 Å². The Morgan fingerprint density at radius 3 is 3.10 bits per heavy atom. The van der Waals surface area contributed by atoms with Gasteiger partial charge in [0.05, 0.1) is 23.9 Å². The van der Waals surface area contributed by atoms with E-state index in [0.717, 1.165) is 36.8 Å². The summed E-state index contributed by atoms with van der Waals surface area (Å²) < 4.78 is 2.09. The molecule has 4 nitrogen and oxygen atoms in total. The second kappa shape index (κ2) is 4.75. The molecule has 102 valence electrons. The van der Waals surface area contributed by atoms with Crippen LogP contribution in [0.15, 0.2) is 24.5 Å². The van der Waals surface area contributed by atoms with Crippen molar-refractivity contribution in [2.24, 2.45) is 5.41 Å². The summed E-state index contributed by atoms with van der Waals surface area (Å²) in [6, 6.07) is 5.55. The van der Waals surface area contributed by atoms with Crippen molar-refractivity contribution >= 4 is 22.5 Å². The summed E-state index contributed by atoms with van der Waals surface area (Å²) in [6.07, 6.45) is 5.25. The van der Waals surface area contributed by atoms with E-state index in [0.29, 0.717) is 17.9 Å². The number of fused-ring (bicyclic) bond motifs is 1. The van der Waals surface area contributed by atoms with E-state index in [4.69, 9.17) is 6.57 Å². The molecule has 1 aromatic carbocycles. The van der Waals surface area contributed by atoms with Crippen molar-refractivity contribution in [3.05, 3.63) is 35.9 Å². The Labute approximate surface area is 118 Å². The van der Waals surface area contributed by atoms with Crippen LogP contribution in [0.1, 0.15) is 32.6 Å². The summed E-state index contributed by atoms with van der Waals surface area (Å²) in [5.41, 5.74) is 2.53. The van der Waals surface area contributed by atoms with Crippen LogP contribution >= 0.6 is 0 Å². The van der Waals surface area contributed by atoms with Gasteiger partial charge in [0.15, 0.2) is 5.69 Å². The van der Waals surface area contributed by atoms with Crippen molar-refractivity contribution in [2.45, 2.75) is 39.2 Å². The number of hydrogen-bond acceptors (Lipinski definition) is 2. The van der Waals surface area contributed by atoms with E-state index in [2.05, 4.69) is 21.3 Å². The number of benzene rings is 1. The summed E-state index contributed by atoms with van der Waals surface area (Å²) >= 11 is 0. The SMILES string of the molecule is [C-]#[N+]c1ccc2ncn(C[C@@]3(C)CCCC(=O)C3)c2c1. The van der Waals surface area contributed by atoms with E-state index in [-0.39, 0.29) is 5.41 Å².